The van der Waals surface area contributed by atoms with Crippen molar-refractivity contribution in [2.24, 2.45) is 5.73 Å². The molecule has 2 aromatic rings. The standard InChI is InChI=1S/C10H13N3/c1-10(2,11)8-7-12-9-5-3-4-6-13(8)9/h3-7H,11H2,1-2H3. The van der Waals surface area contributed by atoms with Crippen LogP contribution in [-0.4, -0.2) is 9.38 Å². The van der Waals surface area contributed by atoms with E-state index in [1.165, 1.54) is 0 Å². The van der Waals surface area contributed by atoms with Crippen LogP contribution in [0.15, 0.2) is 30.6 Å². The molecule has 2 rings (SSSR count). The maximum Gasteiger partial charge on any atom is 0.136 e. The maximum absolute atomic E-state index is 6.01. The van der Waals surface area contributed by atoms with Crippen molar-refractivity contribution in [1.29, 1.82) is 0 Å². The van der Waals surface area contributed by atoms with E-state index in [4.69, 9.17) is 5.73 Å². The van der Waals surface area contributed by atoms with Crippen molar-refractivity contribution in [1.82, 2.24) is 9.38 Å². The molecule has 0 unspecified atom stereocenters. The molecule has 2 aromatic heterocycles. The van der Waals surface area contributed by atoms with Crippen LogP contribution in [-0.2, 0) is 5.54 Å². The lowest BCUT2D eigenvalue weighted by atomic mass is 10.0. The minimum absolute atomic E-state index is 0.346. The quantitative estimate of drug-likeness (QED) is 0.714. The van der Waals surface area contributed by atoms with Gasteiger partial charge in [0.15, 0.2) is 0 Å². The van der Waals surface area contributed by atoms with Crippen LogP contribution in [0.1, 0.15) is 19.5 Å². The number of rotatable bonds is 1. The summed E-state index contributed by atoms with van der Waals surface area (Å²) >= 11 is 0. The molecule has 0 atom stereocenters. The van der Waals surface area contributed by atoms with Gasteiger partial charge in [-0.1, -0.05) is 6.07 Å². The van der Waals surface area contributed by atoms with E-state index in [0.29, 0.717) is 0 Å². The van der Waals surface area contributed by atoms with Gasteiger partial charge in [0.2, 0.25) is 0 Å². The zero-order valence-corrected chi connectivity index (χ0v) is 7.86. The molecule has 0 bridgehead atoms. The van der Waals surface area contributed by atoms with Crippen LogP contribution < -0.4 is 5.73 Å². The third kappa shape index (κ3) is 1.31. The van der Waals surface area contributed by atoms with E-state index < -0.39 is 0 Å². The molecule has 3 heteroatoms. The Morgan fingerprint density at radius 2 is 2.15 bits per heavy atom. The topological polar surface area (TPSA) is 43.3 Å². The molecule has 0 aliphatic heterocycles. The predicted molar refractivity (Wildman–Crippen MR) is 52.4 cm³/mol. The summed E-state index contributed by atoms with van der Waals surface area (Å²) in [5.41, 5.74) is 7.63. The van der Waals surface area contributed by atoms with Gasteiger partial charge in [-0.3, -0.25) is 0 Å². The average Bonchev–Trinajstić information content (AvgIpc) is 2.45. The number of fused-ring (bicyclic) bond motifs is 1. The number of hydrogen-bond acceptors (Lipinski definition) is 2. The van der Waals surface area contributed by atoms with Gasteiger partial charge in [-0.05, 0) is 26.0 Å². The molecular formula is C10H13N3. The number of imidazole rings is 1. The van der Waals surface area contributed by atoms with Crippen molar-refractivity contribution >= 4 is 5.65 Å². The van der Waals surface area contributed by atoms with Gasteiger partial charge < -0.3 is 10.1 Å². The van der Waals surface area contributed by atoms with E-state index in [-0.39, 0.29) is 5.54 Å². The summed E-state index contributed by atoms with van der Waals surface area (Å²) in [5, 5.41) is 0. The first-order chi connectivity index (χ1) is 6.09. The van der Waals surface area contributed by atoms with Gasteiger partial charge in [0, 0.05) is 6.20 Å². The Morgan fingerprint density at radius 3 is 2.85 bits per heavy atom. The van der Waals surface area contributed by atoms with Crippen molar-refractivity contribution in [3.63, 3.8) is 0 Å². The Labute approximate surface area is 77.2 Å². The summed E-state index contributed by atoms with van der Waals surface area (Å²) in [6.07, 6.45) is 3.81. The van der Waals surface area contributed by atoms with Gasteiger partial charge in [-0.25, -0.2) is 4.98 Å². The van der Waals surface area contributed by atoms with Crippen molar-refractivity contribution in [3.8, 4) is 0 Å². The summed E-state index contributed by atoms with van der Waals surface area (Å²) in [6.45, 7) is 3.95. The number of pyridine rings is 1. The van der Waals surface area contributed by atoms with E-state index in [9.17, 15) is 0 Å². The molecule has 0 saturated carbocycles. The van der Waals surface area contributed by atoms with Crippen LogP contribution in [0.3, 0.4) is 0 Å². The maximum atomic E-state index is 6.01. The second-order valence-corrected chi connectivity index (χ2v) is 3.79. The lowest BCUT2D eigenvalue weighted by Crippen LogP contribution is -2.30. The van der Waals surface area contributed by atoms with Gasteiger partial charge in [0.05, 0.1) is 17.4 Å². The van der Waals surface area contributed by atoms with Crippen molar-refractivity contribution in [3.05, 3.63) is 36.3 Å². The number of aromatic nitrogens is 2. The zero-order valence-electron chi connectivity index (χ0n) is 7.86. The molecule has 0 radical (unpaired) electrons. The molecule has 2 N–H and O–H groups in total. The first kappa shape index (κ1) is 8.26. The number of nitrogens with two attached hydrogens (primary N) is 1. The normalized spacial score (nSPS) is 12.2. The summed E-state index contributed by atoms with van der Waals surface area (Å²) in [7, 11) is 0. The Hall–Kier alpha value is -1.35. The van der Waals surface area contributed by atoms with Gasteiger partial charge in [-0.15, -0.1) is 0 Å². The minimum Gasteiger partial charge on any atom is -0.321 e. The minimum atomic E-state index is -0.346. The van der Waals surface area contributed by atoms with Gasteiger partial charge >= 0.3 is 0 Å². The molecule has 68 valence electrons. The Bertz CT molecular complexity index is 423. The van der Waals surface area contributed by atoms with Crippen LogP contribution in [0.2, 0.25) is 0 Å². The Kier molecular flexibility index (Phi) is 1.63. The van der Waals surface area contributed by atoms with Crippen LogP contribution in [0.25, 0.3) is 5.65 Å². The highest BCUT2D eigenvalue weighted by Crippen LogP contribution is 2.17. The third-order valence-electron chi connectivity index (χ3n) is 2.08. The molecule has 0 aliphatic rings. The van der Waals surface area contributed by atoms with Crippen molar-refractivity contribution in [2.75, 3.05) is 0 Å². The molecule has 13 heavy (non-hydrogen) atoms. The monoisotopic (exact) mass is 175 g/mol. The first-order valence-corrected chi connectivity index (χ1v) is 4.30. The summed E-state index contributed by atoms with van der Waals surface area (Å²) in [4.78, 5) is 4.27. The van der Waals surface area contributed by atoms with Crippen LogP contribution in [0, 0.1) is 0 Å². The molecule has 3 nitrogen and oxygen atoms in total. The highest BCUT2D eigenvalue weighted by Gasteiger charge is 2.18. The third-order valence-corrected chi connectivity index (χ3v) is 2.08. The summed E-state index contributed by atoms with van der Waals surface area (Å²) in [5.74, 6) is 0. The molecular weight excluding hydrogens is 162 g/mol. The fraction of sp³-hybridized carbons (Fsp3) is 0.300. The molecule has 2 heterocycles. The molecule has 0 aliphatic carbocycles. The van der Waals surface area contributed by atoms with Crippen LogP contribution >= 0.6 is 0 Å². The second kappa shape index (κ2) is 2.57. The van der Waals surface area contributed by atoms with E-state index >= 15 is 0 Å². The van der Waals surface area contributed by atoms with Gasteiger partial charge in [-0.2, -0.15) is 0 Å². The first-order valence-electron chi connectivity index (χ1n) is 4.30. The van der Waals surface area contributed by atoms with E-state index in [1.807, 2.05) is 48.8 Å². The van der Waals surface area contributed by atoms with E-state index in [2.05, 4.69) is 4.98 Å². The van der Waals surface area contributed by atoms with Gasteiger partial charge in [0.1, 0.15) is 5.65 Å². The predicted octanol–water partition coefficient (Wildman–Crippen LogP) is 1.53. The smallest absolute Gasteiger partial charge is 0.136 e. The highest BCUT2D eigenvalue weighted by molar-refractivity contribution is 5.41. The summed E-state index contributed by atoms with van der Waals surface area (Å²) in [6, 6.07) is 5.91. The van der Waals surface area contributed by atoms with Crippen LogP contribution in [0.4, 0.5) is 0 Å². The van der Waals surface area contributed by atoms with Crippen molar-refractivity contribution in [2.45, 2.75) is 19.4 Å². The molecule has 0 saturated heterocycles. The van der Waals surface area contributed by atoms with E-state index in [0.717, 1.165) is 11.3 Å². The number of nitrogens with zero attached hydrogens (tertiary/aromatic N) is 2. The summed E-state index contributed by atoms with van der Waals surface area (Å²) < 4.78 is 2.01. The SMILES string of the molecule is CC(C)(N)c1cnc2ccccn12. The zero-order chi connectivity index (χ0) is 9.47. The largest absolute Gasteiger partial charge is 0.321 e. The van der Waals surface area contributed by atoms with Crippen molar-refractivity contribution < 1.29 is 0 Å². The fourth-order valence-corrected chi connectivity index (χ4v) is 1.41. The lowest BCUT2D eigenvalue weighted by molar-refractivity contribution is 0.530. The average molecular weight is 175 g/mol. The van der Waals surface area contributed by atoms with Gasteiger partial charge in [0.25, 0.3) is 0 Å². The van der Waals surface area contributed by atoms with E-state index in [1.54, 1.807) is 0 Å². The Morgan fingerprint density at radius 1 is 1.38 bits per heavy atom. The molecule has 0 aromatic carbocycles. The number of hydrogen-bond donors (Lipinski definition) is 1. The lowest BCUT2D eigenvalue weighted by Gasteiger charge is -2.17. The highest BCUT2D eigenvalue weighted by atomic mass is 15.0. The Balaban J connectivity index is 2.72. The fourth-order valence-electron chi connectivity index (χ4n) is 1.41. The molecule has 0 amide bonds. The molecule has 0 fully saturated rings. The van der Waals surface area contributed by atoms with Crippen LogP contribution in [0.5, 0.6) is 0 Å². The molecule has 0 spiro atoms. The second-order valence-electron chi connectivity index (χ2n) is 3.79.